The minimum absolute atomic E-state index is 0.0174. The molecule has 122 valence electrons. The van der Waals surface area contributed by atoms with Crippen LogP contribution >= 0.6 is 0 Å². The molecule has 3 N–H and O–H groups in total. The van der Waals surface area contributed by atoms with Gasteiger partial charge < -0.3 is 15.8 Å². The first-order valence-corrected chi connectivity index (χ1v) is 8.45. The molecule has 0 aromatic rings. The van der Waals surface area contributed by atoms with E-state index >= 15 is 0 Å². The number of amides is 1. The zero-order valence-electron chi connectivity index (χ0n) is 13.4. The Morgan fingerprint density at radius 3 is 2.43 bits per heavy atom. The van der Waals surface area contributed by atoms with Gasteiger partial charge in [0.15, 0.2) is 0 Å². The van der Waals surface area contributed by atoms with Crippen LogP contribution in [0.5, 0.6) is 0 Å². The first-order chi connectivity index (χ1) is 10.2. The molecule has 1 amide bonds. The zero-order chi connectivity index (χ0) is 15.1. The highest BCUT2D eigenvalue weighted by atomic mass is 16.5. The summed E-state index contributed by atoms with van der Waals surface area (Å²) < 4.78 is 5.33. The van der Waals surface area contributed by atoms with Gasteiger partial charge in [0, 0.05) is 31.3 Å². The van der Waals surface area contributed by atoms with Crippen LogP contribution in [0, 0.1) is 0 Å². The maximum absolute atomic E-state index is 12.3. The topological polar surface area (TPSA) is 67.6 Å². The van der Waals surface area contributed by atoms with E-state index in [4.69, 9.17) is 10.5 Å². The summed E-state index contributed by atoms with van der Waals surface area (Å²) in [7, 11) is 2.06. The molecular weight excluding hydrogens is 266 g/mol. The minimum atomic E-state index is 0.0174. The van der Waals surface area contributed by atoms with E-state index in [1.165, 1.54) is 25.7 Å². The van der Waals surface area contributed by atoms with Crippen molar-refractivity contribution in [1.29, 1.82) is 0 Å². The van der Waals surface area contributed by atoms with E-state index in [-0.39, 0.29) is 17.5 Å². The minimum Gasteiger partial charge on any atom is -0.381 e. The van der Waals surface area contributed by atoms with Crippen LogP contribution in [0.15, 0.2) is 0 Å². The molecule has 2 rings (SSSR count). The van der Waals surface area contributed by atoms with Crippen LogP contribution in [0.1, 0.15) is 51.4 Å². The maximum atomic E-state index is 12.3. The SMILES string of the molecule is CN(CC(=O)NC1CCOCC1)C1(CN)CCCCCC1. The molecule has 0 aromatic carbocycles. The van der Waals surface area contributed by atoms with Gasteiger partial charge in [0.05, 0.1) is 6.54 Å². The Morgan fingerprint density at radius 2 is 1.86 bits per heavy atom. The van der Waals surface area contributed by atoms with E-state index < -0.39 is 0 Å². The molecule has 5 nitrogen and oxygen atoms in total. The lowest BCUT2D eigenvalue weighted by atomic mass is 9.88. The lowest BCUT2D eigenvalue weighted by Crippen LogP contribution is -2.55. The Labute approximate surface area is 128 Å². The van der Waals surface area contributed by atoms with Gasteiger partial charge in [-0.2, -0.15) is 0 Å². The second kappa shape index (κ2) is 8.11. The van der Waals surface area contributed by atoms with Crippen molar-refractivity contribution < 1.29 is 9.53 Å². The van der Waals surface area contributed by atoms with Gasteiger partial charge in [-0.15, -0.1) is 0 Å². The quantitative estimate of drug-likeness (QED) is 0.750. The summed E-state index contributed by atoms with van der Waals surface area (Å²) in [5.41, 5.74) is 6.10. The molecule has 0 bridgehead atoms. The number of nitrogens with two attached hydrogens (primary N) is 1. The van der Waals surface area contributed by atoms with Crippen LogP contribution < -0.4 is 11.1 Å². The molecule has 0 unspecified atom stereocenters. The van der Waals surface area contributed by atoms with Gasteiger partial charge in [0.25, 0.3) is 0 Å². The normalized spacial score (nSPS) is 23.8. The molecule has 0 aromatic heterocycles. The highest BCUT2D eigenvalue weighted by molar-refractivity contribution is 5.78. The van der Waals surface area contributed by atoms with Crippen molar-refractivity contribution in [3.8, 4) is 0 Å². The molecule has 1 heterocycles. The average molecular weight is 297 g/mol. The first kappa shape index (κ1) is 16.7. The predicted molar refractivity (Wildman–Crippen MR) is 84.1 cm³/mol. The molecule has 1 aliphatic heterocycles. The maximum Gasteiger partial charge on any atom is 0.234 e. The predicted octanol–water partition coefficient (Wildman–Crippen LogP) is 1.27. The Hall–Kier alpha value is -0.650. The number of carbonyl (C=O) groups excluding carboxylic acids is 1. The average Bonchev–Trinajstić information content (AvgIpc) is 2.74. The van der Waals surface area contributed by atoms with Gasteiger partial charge in [-0.1, -0.05) is 25.7 Å². The van der Waals surface area contributed by atoms with Crippen molar-refractivity contribution in [2.75, 3.05) is 33.4 Å². The highest BCUT2D eigenvalue weighted by Crippen LogP contribution is 2.30. The molecular formula is C16H31N3O2. The Morgan fingerprint density at radius 1 is 1.24 bits per heavy atom. The monoisotopic (exact) mass is 297 g/mol. The van der Waals surface area contributed by atoms with E-state index in [1.807, 2.05) is 0 Å². The molecule has 1 aliphatic carbocycles. The molecule has 1 saturated carbocycles. The van der Waals surface area contributed by atoms with Crippen LogP contribution in [0.4, 0.5) is 0 Å². The summed E-state index contributed by atoms with van der Waals surface area (Å²) >= 11 is 0. The number of rotatable bonds is 5. The molecule has 0 radical (unpaired) electrons. The van der Waals surface area contributed by atoms with Crippen molar-refractivity contribution in [2.24, 2.45) is 5.73 Å². The van der Waals surface area contributed by atoms with Crippen molar-refractivity contribution in [3.05, 3.63) is 0 Å². The molecule has 1 saturated heterocycles. The third-order valence-corrected chi connectivity index (χ3v) is 5.19. The molecule has 2 fully saturated rings. The van der Waals surface area contributed by atoms with Crippen LogP contribution in [-0.4, -0.2) is 55.7 Å². The van der Waals surface area contributed by atoms with Gasteiger partial charge in [-0.05, 0) is 32.7 Å². The lowest BCUT2D eigenvalue weighted by Gasteiger charge is -2.40. The number of ether oxygens (including phenoxy) is 1. The van der Waals surface area contributed by atoms with E-state index in [2.05, 4.69) is 17.3 Å². The largest absolute Gasteiger partial charge is 0.381 e. The van der Waals surface area contributed by atoms with Gasteiger partial charge in [0.2, 0.25) is 5.91 Å². The fourth-order valence-corrected chi connectivity index (χ4v) is 3.63. The fraction of sp³-hybridized carbons (Fsp3) is 0.938. The molecule has 0 atom stereocenters. The number of hydrogen-bond acceptors (Lipinski definition) is 4. The Kier molecular flexibility index (Phi) is 6.45. The van der Waals surface area contributed by atoms with E-state index in [0.717, 1.165) is 38.9 Å². The third kappa shape index (κ3) is 4.66. The van der Waals surface area contributed by atoms with Gasteiger partial charge >= 0.3 is 0 Å². The number of nitrogens with one attached hydrogen (secondary N) is 1. The van der Waals surface area contributed by atoms with E-state index in [1.54, 1.807) is 0 Å². The van der Waals surface area contributed by atoms with E-state index in [0.29, 0.717) is 13.1 Å². The molecule has 0 spiro atoms. The molecule has 2 aliphatic rings. The van der Waals surface area contributed by atoms with Crippen molar-refractivity contribution in [1.82, 2.24) is 10.2 Å². The van der Waals surface area contributed by atoms with Gasteiger partial charge in [-0.25, -0.2) is 0 Å². The summed E-state index contributed by atoms with van der Waals surface area (Å²) in [6.07, 6.45) is 9.13. The first-order valence-electron chi connectivity index (χ1n) is 8.45. The van der Waals surface area contributed by atoms with Crippen molar-refractivity contribution >= 4 is 5.91 Å². The number of hydrogen-bond donors (Lipinski definition) is 2. The number of carbonyl (C=O) groups is 1. The van der Waals surface area contributed by atoms with Crippen molar-refractivity contribution in [2.45, 2.75) is 62.9 Å². The fourth-order valence-electron chi connectivity index (χ4n) is 3.63. The lowest BCUT2D eigenvalue weighted by molar-refractivity contribution is -0.124. The molecule has 5 heteroatoms. The van der Waals surface area contributed by atoms with Gasteiger partial charge in [0.1, 0.15) is 0 Å². The number of nitrogens with zero attached hydrogens (tertiary/aromatic N) is 1. The summed E-state index contributed by atoms with van der Waals surface area (Å²) in [4.78, 5) is 14.5. The van der Waals surface area contributed by atoms with Gasteiger partial charge in [-0.3, -0.25) is 9.69 Å². The van der Waals surface area contributed by atoms with Crippen LogP contribution in [0.3, 0.4) is 0 Å². The Balaban J connectivity index is 1.85. The molecule has 21 heavy (non-hydrogen) atoms. The van der Waals surface area contributed by atoms with Crippen LogP contribution in [0.2, 0.25) is 0 Å². The summed E-state index contributed by atoms with van der Waals surface area (Å²) in [5, 5.41) is 3.14. The van der Waals surface area contributed by atoms with Crippen molar-refractivity contribution in [3.63, 3.8) is 0 Å². The number of likely N-dealkylation sites (N-methyl/N-ethyl adjacent to an activating group) is 1. The summed E-state index contributed by atoms with van der Waals surface area (Å²) in [6, 6.07) is 0.280. The zero-order valence-corrected chi connectivity index (χ0v) is 13.4. The summed E-state index contributed by atoms with van der Waals surface area (Å²) in [5.74, 6) is 0.126. The smallest absolute Gasteiger partial charge is 0.234 e. The Bertz CT molecular complexity index is 321. The van der Waals surface area contributed by atoms with E-state index in [9.17, 15) is 4.79 Å². The van der Waals surface area contributed by atoms with Crippen LogP contribution in [0.25, 0.3) is 0 Å². The second-order valence-corrected chi connectivity index (χ2v) is 6.65. The third-order valence-electron chi connectivity index (χ3n) is 5.19. The second-order valence-electron chi connectivity index (χ2n) is 6.65. The van der Waals surface area contributed by atoms with Crippen LogP contribution in [-0.2, 0) is 9.53 Å². The highest BCUT2D eigenvalue weighted by Gasteiger charge is 2.34. The standard InChI is InChI=1S/C16H31N3O2/c1-19(16(13-17)8-4-2-3-5-9-16)12-15(20)18-14-6-10-21-11-7-14/h14H,2-13,17H2,1H3,(H,18,20). The summed E-state index contributed by atoms with van der Waals surface area (Å²) in [6.45, 7) is 2.61.